The molecule has 0 aliphatic carbocycles. The Morgan fingerprint density at radius 3 is 2.67 bits per heavy atom. The first-order chi connectivity index (χ1) is 11.5. The number of carboxylic acids is 1. The minimum atomic E-state index is -1.05. The van der Waals surface area contributed by atoms with Crippen molar-refractivity contribution in [2.45, 2.75) is 25.9 Å². The molecule has 24 heavy (non-hydrogen) atoms. The molecule has 1 heterocycles. The number of rotatable bonds is 5. The topological polar surface area (TPSA) is 66.8 Å². The maximum absolute atomic E-state index is 12.7. The molecule has 0 saturated carbocycles. The highest BCUT2D eigenvalue weighted by Crippen LogP contribution is 2.35. The van der Waals surface area contributed by atoms with E-state index in [4.69, 9.17) is 9.84 Å². The number of hydrogen-bond donors (Lipinski definition) is 1. The molecule has 2 aromatic rings. The van der Waals surface area contributed by atoms with Crippen molar-refractivity contribution in [2.24, 2.45) is 0 Å². The highest BCUT2D eigenvalue weighted by Gasteiger charge is 2.35. The molecule has 5 heteroatoms. The van der Waals surface area contributed by atoms with Crippen molar-refractivity contribution in [1.82, 2.24) is 0 Å². The Kier molecular flexibility index (Phi) is 4.51. The number of carbonyl (C=O) groups is 2. The number of hydrogen-bond acceptors (Lipinski definition) is 3. The number of carboxylic acid groups (broad SMARTS) is 1. The van der Waals surface area contributed by atoms with Crippen LogP contribution in [0.5, 0.6) is 5.75 Å². The lowest BCUT2D eigenvalue weighted by Gasteiger charge is -2.34. The average Bonchev–Trinajstić information content (AvgIpc) is 2.55. The van der Waals surface area contributed by atoms with Crippen LogP contribution < -0.4 is 9.64 Å². The standard InChI is InChI=1S/C19H19NO4/c1-13-7-8-15-16(11-13)24-17(12-18(21)22)19(23)20(15)10-9-14-5-3-2-4-6-14/h2-8,11,17H,9-10,12H2,1H3,(H,21,22). The van der Waals surface area contributed by atoms with E-state index in [1.165, 1.54) is 0 Å². The van der Waals surface area contributed by atoms with Crippen molar-refractivity contribution in [3.63, 3.8) is 0 Å². The summed E-state index contributed by atoms with van der Waals surface area (Å²) < 4.78 is 5.65. The first-order valence-corrected chi connectivity index (χ1v) is 7.89. The van der Waals surface area contributed by atoms with Crippen LogP contribution in [0.25, 0.3) is 0 Å². The molecular weight excluding hydrogens is 306 g/mol. The third kappa shape index (κ3) is 3.40. The summed E-state index contributed by atoms with van der Waals surface area (Å²) in [7, 11) is 0. The molecule has 0 spiro atoms. The Morgan fingerprint density at radius 1 is 1.21 bits per heavy atom. The zero-order chi connectivity index (χ0) is 17.1. The molecule has 1 unspecified atom stereocenters. The van der Waals surface area contributed by atoms with Crippen LogP contribution in [0.1, 0.15) is 17.5 Å². The van der Waals surface area contributed by atoms with Gasteiger partial charge in [-0.05, 0) is 36.6 Å². The van der Waals surface area contributed by atoms with E-state index < -0.39 is 12.1 Å². The molecule has 124 valence electrons. The van der Waals surface area contributed by atoms with Gasteiger partial charge >= 0.3 is 5.97 Å². The minimum absolute atomic E-state index is 0.301. The molecule has 0 aromatic heterocycles. The summed E-state index contributed by atoms with van der Waals surface area (Å²) in [6, 6.07) is 15.5. The lowest BCUT2D eigenvalue weighted by atomic mass is 10.1. The second kappa shape index (κ2) is 6.74. The molecule has 0 saturated heterocycles. The predicted molar refractivity (Wildman–Crippen MR) is 90.3 cm³/mol. The largest absolute Gasteiger partial charge is 0.481 e. The molecular formula is C19H19NO4. The highest BCUT2D eigenvalue weighted by molar-refractivity contribution is 6.01. The fourth-order valence-corrected chi connectivity index (χ4v) is 2.84. The smallest absolute Gasteiger partial charge is 0.307 e. The number of amides is 1. The number of benzene rings is 2. The van der Waals surface area contributed by atoms with E-state index in [1.54, 1.807) is 4.90 Å². The molecule has 1 aliphatic heterocycles. The lowest BCUT2D eigenvalue weighted by Crippen LogP contribution is -2.47. The summed E-state index contributed by atoms with van der Waals surface area (Å²) in [5, 5.41) is 9.03. The number of nitrogens with zero attached hydrogens (tertiary/aromatic N) is 1. The molecule has 0 bridgehead atoms. The SMILES string of the molecule is Cc1ccc2c(c1)OC(CC(=O)O)C(=O)N2CCc1ccccc1. The Labute approximate surface area is 140 Å². The predicted octanol–water partition coefficient (Wildman–Crippen LogP) is 2.81. The monoisotopic (exact) mass is 325 g/mol. The van der Waals surface area contributed by atoms with Gasteiger partial charge in [-0.2, -0.15) is 0 Å². The van der Waals surface area contributed by atoms with Crippen LogP contribution in [-0.2, 0) is 16.0 Å². The van der Waals surface area contributed by atoms with Gasteiger partial charge in [0.05, 0.1) is 12.1 Å². The van der Waals surface area contributed by atoms with Crippen molar-refractivity contribution >= 4 is 17.6 Å². The van der Waals surface area contributed by atoms with Crippen LogP contribution in [0.4, 0.5) is 5.69 Å². The van der Waals surface area contributed by atoms with E-state index in [9.17, 15) is 9.59 Å². The Balaban J connectivity index is 1.87. The Hall–Kier alpha value is -2.82. The number of aliphatic carboxylic acids is 1. The van der Waals surface area contributed by atoms with Crippen LogP contribution in [0, 0.1) is 6.92 Å². The molecule has 1 N–H and O–H groups in total. The first kappa shape index (κ1) is 16.1. The molecule has 0 fully saturated rings. The summed E-state index contributed by atoms with van der Waals surface area (Å²) in [5.74, 6) is -0.786. The summed E-state index contributed by atoms with van der Waals surface area (Å²) in [6.07, 6.45) is -0.624. The number of aryl methyl sites for hydroxylation is 1. The quantitative estimate of drug-likeness (QED) is 0.918. The molecule has 5 nitrogen and oxygen atoms in total. The normalized spacial score (nSPS) is 16.5. The molecule has 2 aromatic carbocycles. The van der Waals surface area contributed by atoms with Crippen molar-refractivity contribution in [3.8, 4) is 5.75 Å². The van der Waals surface area contributed by atoms with Gasteiger partial charge in [0, 0.05) is 6.54 Å². The molecule has 1 aliphatic rings. The molecule has 1 amide bonds. The molecule has 0 radical (unpaired) electrons. The van der Waals surface area contributed by atoms with Crippen LogP contribution in [0.2, 0.25) is 0 Å². The Morgan fingerprint density at radius 2 is 1.96 bits per heavy atom. The van der Waals surface area contributed by atoms with Crippen molar-refractivity contribution in [2.75, 3.05) is 11.4 Å². The summed E-state index contributed by atoms with van der Waals surface area (Å²) in [6.45, 7) is 2.42. The third-order valence-corrected chi connectivity index (χ3v) is 4.04. The van der Waals surface area contributed by atoms with Gasteiger partial charge in [0.15, 0.2) is 6.10 Å². The van der Waals surface area contributed by atoms with E-state index in [-0.39, 0.29) is 12.3 Å². The van der Waals surface area contributed by atoms with E-state index in [0.717, 1.165) is 11.1 Å². The van der Waals surface area contributed by atoms with Gasteiger partial charge in [-0.1, -0.05) is 36.4 Å². The van der Waals surface area contributed by atoms with Crippen LogP contribution in [0.15, 0.2) is 48.5 Å². The van der Waals surface area contributed by atoms with E-state index in [0.29, 0.717) is 24.4 Å². The van der Waals surface area contributed by atoms with Crippen molar-refractivity contribution < 1.29 is 19.4 Å². The zero-order valence-corrected chi connectivity index (χ0v) is 13.4. The highest BCUT2D eigenvalue weighted by atomic mass is 16.5. The maximum Gasteiger partial charge on any atom is 0.307 e. The van der Waals surface area contributed by atoms with E-state index >= 15 is 0 Å². The fourth-order valence-electron chi connectivity index (χ4n) is 2.84. The summed E-state index contributed by atoms with van der Waals surface area (Å²) in [4.78, 5) is 25.3. The second-order valence-electron chi connectivity index (χ2n) is 5.90. The average molecular weight is 325 g/mol. The second-order valence-corrected chi connectivity index (χ2v) is 5.90. The van der Waals surface area contributed by atoms with Gasteiger partial charge in [-0.3, -0.25) is 9.59 Å². The molecule has 1 atom stereocenters. The van der Waals surface area contributed by atoms with Crippen molar-refractivity contribution in [1.29, 1.82) is 0 Å². The van der Waals surface area contributed by atoms with Gasteiger partial charge in [-0.15, -0.1) is 0 Å². The number of anilines is 1. The van der Waals surface area contributed by atoms with Crippen molar-refractivity contribution in [3.05, 3.63) is 59.7 Å². The van der Waals surface area contributed by atoms with Gasteiger partial charge in [-0.25, -0.2) is 0 Å². The number of ether oxygens (including phenoxy) is 1. The van der Waals surface area contributed by atoms with Crippen LogP contribution in [0.3, 0.4) is 0 Å². The third-order valence-electron chi connectivity index (χ3n) is 4.04. The first-order valence-electron chi connectivity index (χ1n) is 7.89. The summed E-state index contributed by atoms with van der Waals surface area (Å²) in [5.41, 5.74) is 2.82. The minimum Gasteiger partial charge on any atom is -0.481 e. The zero-order valence-electron chi connectivity index (χ0n) is 13.4. The van der Waals surface area contributed by atoms with Gasteiger partial charge in [0.2, 0.25) is 0 Å². The van der Waals surface area contributed by atoms with Gasteiger partial charge in [0.1, 0.15) is 5.75 Å². The summed E-state index contributed by atoms with van der Waals surface area (Å²) >= 11 is 0. The van der Waals surface area contributed by atoms with Crippen LogP contribution in [-0.4, -0.2) is 29.6 Å². The van der Waals surface area contributed by atoms with E-state index in [1.807, 2.05) is 55.5 Å². The fraction of sp³-hybridized carbons (Fsp3) is 0.263. The number of carbonyl (C=O) groups excluding carboxylic acids is 1. The molecule has 3 rings (SSSR count). The van der Waals surface area contributed by atoms with Gasteiger partial charge in [0.25, 0.3) is 5.91 Å². The maximum atomic E-state index is 12.7. The number of fused-ring (bicyclic) bond motifs is 1. The van der Waals surface area contributed by atoms with E-state index in [2.05, 4.69) is 0 Å². The van der Waals surface area contributed by atoms with Crippen LogP contribution >= 0.6 is 0 Å². The Bertz CT molecular complexity index is 757. The lowest BCUT2D eigenvalue weighted by molar-refractivity contribution is -0.142. The van der Waals surface area contributed by atoms with Gasteiger partial charge < -0.3 is 14.7 Å².